The van der Waals surface area contributed by atoms with Gasteiger partial charge in [-0.25, -0.2) is 4.98 Å². The summed E-state index contributed by atoms with van der Waals surface area (Å²) in [6.45, 7) is 3.17. The van der Waals surface area contributed by atoms with Crippen LogP contribution in [0.3, 0.4) is 0 Å². The number of imidazole rings is 1. The van der Waals surface area contributed by atoms with Crippen LogP contribution in [0, 0.1) is 0 Å². The van der Waals surface area contributed by atoms with Crippen LogP contribution in [0.25, 0.3) is 15.9 Å². The second-order valence-corrected chi connectivity index (χ2v) is 6.71. The van der Waals surface area contributed by atoms with E-state index >= 15 is 0 Å². The van der Waals surface area contributed by atoms with Crippen LogP contribution in [0.15, 0.2) is 48.2 Å². The van der Waals surface area contributed by atoms with E-state index in [0.29, 0.717) is 0 Å². The molecule has 0 fully saturated rings. The molecule has 0 radical (unpaired) electrons. The number of nitrogens with one attached hydrogen (secondary N) is 1. The Morgan fingerprint density at radius 3 is 3.04 bits per heavy atom. The minimum Gasteiger partial charge on any atom is -0.347 e. The first-order valence-electron chi connectivity index (χ1n) is 8.03. The molecule has 3 heterocycles. The summed E-state index contributed by atoms with van der Waals surface area (Å²) in [5, 5.41) is 6.09. The summed E-state index contributed by atoms with van der Waals surface area (Å²) in [6, 6.07) is 8.13. The number of anilines is 1. The lowest BCUT2D eigenvalue weighted by Crippen LogP contribution is -2.14. The zero-order valence-electron chi connectivity index (χ0n) is 13.4. The van der Waals surface area contributed by atoms with E-state index in [1.54, 1.807) is 11.3 Å². The third-order valence-electron chi connectivity index (χ3n) is 4.00. The second-order valence-electron chi connectivity index (χ2n) is 5.83. The number of amides is 1. The molecule has 3 aromatic heterocycles. The second kappa shape index (κ2) is 6.13. The van der Waals surface area contributed by atoms with Crippen molar-refractivity contribution in [1.82, 2.24) is 14.0 Å². The van der Waals surface area contributed by atoms with Crippen molar-refractivity contribution in [2.45, 2.75) is 26.3 Å². The molecule has 0 spiro atoms. The number of benzene rings is 1. The summed E-state index contributed by atoms with van der Waals surface area (Å²) in [5.41, 5.74) is 2.81. The van der Waals surface area contributed by atoms with Gasteiger partial charge < -0.3 is 9.88 Å². The SMILES string of the molecule is CCCn1ccc2cc(NC(=O)Cc3cn4ccsc4n3)ccc21. The molecule has 0 aliphatic carbocycles. The maximum absolute atomic E-state index is 12.3. The van der Waals surface area contributed by atoms with Gasteiger partial charge in [0.05, 0.1) is 12.1 Å². The minimum atomic E-state index is -0.0481. The van der Waals surface area contributed by atoms with Crippen LogP contribution in [0.5, 0.6) is 0 Å². The van der Waals surface area contributed by atoms with Crippen molar-refractivity contribution in [2.24, 2.45) is 0 Å². The first kappa shape index (κ1) is 15.0. The van der Waals surface area contributed by atoms with Crippen LogP contribution in [0.2, 0.25) is 0 Å². The van der Waals surface area contributed by atoms with E-state index in [1.807, 2.05) is 34.3 Å². The number of fused-ring (bicyclic) bond motifs is 2. The van der Waals surface area contributed by atoms with E-state index in [2.05, 4.69) is 40.1 Å². The number of aromatic nitrogens is 3. The third kappa shape index (κ3) is 2.80. The Balaban J connectivity index is 1.48. The van der Waals surface area contributed by atoms with Crippen molar-refractivity contribution in [1.29, 1.82) is 0 Å². The standard InChI is InChI=1S/C18H18N4OS/c1-2-6-21-7-5-13-10-14(3-4-16(13)21)19-17(23)11-15-12-22-8-9-24-18(22)20-15/h3-5,7-10,12H,2,6,11H2,1H3,(H,19,23). The Morgan fingerprint density at radius 2 is 2.21 bits per heavy atom. The molecule has 1 aromatic carbocycles. The van der Waals surface area contributed by atoms with Gasteiger partial charge >= 0.3 is 0 Å². The fraction of sp³-hybridized carbons (Fsp3) is 0.222. The van der Waals surface area contributed by atoms with Gasteiger partial charge in [-0.05, 0) is 30.7 Å². The fourth-order valence-corrected chi connectivity index (χ4v) is 3.66. The molecule has 0 bridgehead atoms. The fourth-order valence-electron chi connectivity index (χ4n) is 2.94. The molecule has 1 N–H and O–H groups in total. The minimum absolute atomic E-state index is 0.0481. The summed E-state index contributed by atoms with van der Waals surface area (Å²) in [7, 11) is 0. The number of nitrogens with zero attached hydrogens (tertiary/aromatic N) is 3. The molecule has 6 heteroatoms. The Morgan fingerprint density at radius 1 is 1.29 bits per heavy atom. The highest BCUT2D eigenvalue weighted by Gasteiger charge is 2.09. The van der Waals surface area contributed by atoms with Crippen LogP contribution in [0.1, 0.15) is 19.0 Å². The van der Waals surface area contributed by atoms with E-state index in [0.717, 1.165) is 34.7 Å². The van der Waals surface area contributed by atoms with Gasteiger partial charge in [-0.2, -0.15) is 0 Å². The topological polar surface area (TPSA) is 51.3 Å². The van der Waals surface area contributed by atoms with Gasteiger partial charge in [0.2, 0.25) is 5.91 Å². The highest BCUT2D eigenvalue weighted by atomic mass is 32.1. The Kier molecular flexibility index (Phi) is 3.82. The molecular formula is C18H18N4OS. The zero-order valence-corrected chi connectivity index (χ0v) is 14.2. The van der Waals surface area contributed by atoms with Crippen LogP contribution in [-0.2, 0) is 17.8 Å². The number of hydrogen-bond donors (Lipinski definition) is 1. The van der Waals surface area contributed by atoms with Crippen molar-refractivity contribution in [3.63, 3.8) is 0 Å². The molecule has 0 atom stereocenters. The van der Waals surface area contributed by atoms with Gasteiger partial charge in [-0.1, -0.05) is 6.92 Å². The predicted molar refractivity (Wildman–Crippen MR) is 97.6 cm³/mol. The van der Waals surface area contributed by atoms with Crippen LogP contribution in [-0.4, -0.2) is 19.9 Å². The first-order valence-corrected chi connectivity index (χ1v) is 8.91. The number of hydrogen-bond acceptors (Lipinski definition) is 3. The van der Waals surface area contributed by atoms with Crippen molar-refractivity contribution < 1.29 is 4.79 Å². The van der Waals surface area contributed by atoms with Gasteiger partial charge in [0.25, 0.3) is 0 Å². The molecule has 0 aliphatic heterocycles. The van der Waals surface area contributed by atoms with E-state index in [9.17, 15) is 4.79 Å². The molecule has 0 saturated carbocycles. The molecule has 0 aliphatic rings. The van der Waals surface area contributed by atoms with E-state index < -0.39 is 0 Å². The number of aryl methyl sites for hydroxylation is 1. The van der Waals surface area contributed by atoms with Gasteiger partial charge in [0.1, 0.15) is 0 Å². The molecule has 4 aromatic rings. The van der Waals surface area contributed by atoms with E-state index in [-0.39, 0.29) is 12.3 Å². The predicted octanol–water partition coefficient (Wildman–Crippen LogP) is 3.94. The molecule has 5 nitrogen and oxygen atoms in total. The number of rotatable bonds is 5. The van der Waals surface area contributed by atoms with Crippen LogP contribution in [0.4, 0.5) is 5.69 Å². The van der Waals surface area contributed by atoms with Crippen molar-refractivity contribution in [2.75, 3.05) is 5.32 Å². The largest absolute Gasteiger partial charge is 0.347 e. The first-order chi connectivity index (χ1) is 11.7. The Bertz CT molecular complexity index is 982. The molecule has 0 saturated heterocycles. The van der Waals surface area contributed by atoms with Crippen LogP contribution >= 0.6 is 11.3 Å². The molecule has 4 rings (SSSR count). The molecule has 122 valence electrons. The number of carbonyl (C=O) groups is 1. The number of carbonyl (C=O) groups excluding carboxylic acids is 1. The average molecular weight is 338 g/mol. The molecule has 1 amide bonds. The Hall–Kier alpha value is -2.60. The van der Waals surface area contributed by atoms with Crippen molar-refractivity contribution in [3.8, 4) is 0 Å². The van der Waals surface area contributed by atoms with Crippen molar-refractivity contribution >= 4 is 38.8 Å². The summed E-state index contributed by atoms with van der Waals surface area (Å²) < 4.78 is 4.18. The van der Waals surface area contributed by atoms with E-state index in [1.165, 1.54) is 5.52 Å². The summed E-state index contributed by atoms with van der Waals surface area (Å²) in [5.74, 6) is -0.0481. The maximum Gasteiger partial charge on any atom is 0.230 e. The monoisotopic (exact) mass is 338 g/mol. The van der Waals surface area contributed by atoms with Gasteiger partial charge in [0.15, 0.2) is 4.96 Å². The third-order valence-corrected chi connectivity index (χ3v) is 4.77. The molecule has 24 heavy (non-hydrogen) atoms. The highest BCUT2D eigenvalue weighted by Crippen LogP contribution is 2.21. The van der Waals surface area contributed by atoms with Gasteiger partial charge in [-0.15, -0.1) is 11.3 Å². The summed E-state index contributed by atoms with van der Waals surface area (Å²) >= 11 is 1.56. The lowest BCUT2D eigenvalue weighted by Gasteiger charge is -2.06. The van der Waals surface area contributed by atoms with Crippen molar-refractivity contribution in [3.05, 3.63) is 53.9 Å². The number of thiazole rings is 1. The maximum atomic E-state index is 12.3. The van der Waals surface area contributed by atoms with Gasteiger partial charge in [0, 0.05) is 47.1 Å². The smallest absolute Gasteiger partial charge is 0.230 e. The van der Waals surface area contributed by atoms with Gasteiger partial charge in [-0.3, -0.25) is 9.20 Å². The zero-order chi connectivity index (χ0) is 16.5. The van der Waals surface area contributed by atoms with E-state index in [4.69, 9.17) is 0 Å². The molecule has 0 unspecified atom stereocenters. The average Bonchev–Trinajstić information content (AvgIpc) is 3.22. The lowest BCUT2D eigenvalue weighted by molar-refractivity contribution is -0.115. The lowest BCUT2D eigenvalue weighted by atomic mass is 10.2. The Labute approximate surface area is 143 Å². The normalized spacial score (nSPS) is 11.4. The molecular weight excluding hydrogens is 320 g/mol. The summed E-state index contributed by atoms with van der Waals surface area (Å²) in [4.78, 5) is 17.6. The van der Waals surface area contributed by atoms with Crippen LogP contribution < -0.4 is 5.32 Å². The quantitative estimate of drug-likeness (QED) is 0.599. The summed E-state index contributed by atoms with van der Waals surface area (Å²) in [6.07, 6.45) is 7.33. The highest BCUT2D eigenvalue weighted by molar-refractivity contribution is 7.15.